The maximum Gasteiger partial charge on any atom is 0.253 e. The summed E-state index contributed by atoms with van der Waals surface area (Å²) in [5.41, 5.74) is 7.77. The summed E-state index contributed by atoms with van der Waals surface area (Å²) in [6, 6.07) is 11.6. The molecule has 2 aliphatic rings. The van der Waals surface area contributed by atoms with Crippen molar-refractivity contribution < 1.29 is 4.79 Å². The highest BCUT2D eigenvalue weighted by Gasteiger charge is 2.29. The number of likely N-dealkylation sites (N-methyl/N-ethyl adjacent to an activating group) is 1. The topological polar surface area (TPSA) is 96.6 Å². The second-order valence-corrected chi connectivity index (χ2v) is 13.3. The molecular weight excluding hydrogens is 562 g/mol. The Morgan fingerprint density at radius 2 is 1.73 bits per heavy atom. The molecule has 4 heterocycles. The van der Waals surface area contributed by atoms with E-state index in [4.69, 9.17) is 4.98 Å². The summed E-state index contributed by atoms with van der Waals surface area (Å²) in [6.45, 7) is 18.6. The van der Waals surface area contributed by atoms with Crippen LogP contribution in [0.15, 0.2) is 41.3 Å². The van der Waals surface area contributed by atoms with E-state index >= 15 is 0 Å². The third-order valence-electron chi connectivity index (χ3n) is 9.60. The number of hydrogen-bond donors (Lipinski definition) is 3. The number of benzene rings is 1. The molecule has 9 heteroatoms. The molecule has 1 aromatic carbocycles. The summed E-state index contributed by atoms with van der Waals surface area (Å²) < 4.78 is 0. The standard InChI is InChI=1S/C36H51N7O2/c1-8-43(31-16-25(4)39-26(5)17-31)34-19-29(28-9-10-30(37-20-28)22-42-13-11-41(7)12-14-42)18-32(27(34)6)35(44)38-21-33-23(2)15-24(3)40-36(33)45/h9-10,15,18-20,25-26,31,39H,8,11-14,16-17,21-22H2,1-7H3,(H,38,44)(H,40,45)/t25-,26?,31?/m1/s1. The number of carbonyl (C=O) groups excluding carboxylic acids is 1. The molecule has 0 saturated carbocycles. The van der Waals surface area contributed by atoms with Gasteiger partial charge in [0.1, 0.15) is 0 Å². The van der Waals surface area contributed by atoms with Crippen molar-refractivity contribution in [2.45, 2.75) is 85.6 Å². The minimum Gasteiger partial charge on any atom is -0.368 e. The van der Waals surface area contributed by atoms with Crippen LogP contribution in [0.25, 0.3) is 11.1 Å². The third kappa shape index (κ3) is 7.83. The Balaban J connectivity index is 1.47. The van der Waals surface area contributed by atoms with Gasteiger partial charge < -0.3 is 25.4 Å². The predicted molar refractivity (Wildman–Crippen MR) is 183 cm³/mol. The van der Waals surface area contributed by atoms with Crippen molar-refractivity contribution in [2.75, 3.05) is 44.7 Å². The van der Waals surface area contributed by atoms with Gasteiger partial charge >= 0.3 is 0 Å². The quantitative estimate of drug-likeness (QED) is 0.329. The lowest BCUT2D eigenvalue weighted by Crippen LogP contribution is -2.51. The zero-order valence-electron chi connectivity index (χ0n) is 28.2. The van der Waals surface area contributed by atoms with Gasteiger partial charge in [0.05, 0.1) is 5.69 Å². The van der Waals surface area contributed by atoms with E-state index in [1.807, 2.05) is 39.1 Å². The normalized spacial score (nSPS) is 21.1. The summed E-state index contributed by atoms with van der Waals surface area (Å²) in [5, 5.41) is 6.73. The zero-order valence-corrected chi connectivity index (χ0v) is 28.2. The van der Waals surface area contributed by atoms with Crippen LogP contribution in [0.1, 0.15) is 72.0 Å². The Kier molecular flexibility index (Phi) is 10.4. The van der Waals surface area contributed by atoms with Crippen molar-refractivity contribution >= 4 is 11.6 Å². The monoisotopic (exact) mass is 613 g/mol. The van der Waals surface area contributed by atoms with Crippen LogP contribution in [0.2, 0.25) is 0 Å². The van der Waals surface area contributed by atoms with E-state index in [0.29, 0.717) is 29.3 Å². The van der Waals surface area contributed by atoms with Crippen LogP contribution in [0.4, 0.5) is 5.69 Å². The molecule has 0 bridgehead atoms. The Hall–Kier alpha value is -3.53. The van der Waals surface area contributed by atoms with E-state index in [1.165, 1.54) is 0 Å². The van der Waals surface area contributed by atoms with Crippen molar-refractivity contribution in [3.8, 4) is 11.1 Å². The van der Waals surface area contributed by atoms with Crippen LogP contribution in [0, 0.1) is 20.8 Å². The Labute approximate surface area is 268 Å². The molecule has 1 amide bonds. The minimum absolute atomic E-state index is 0.159. The number of aromatic amines is 1. The molecule has 2 saturated heterocycles. The summed E-state index contributed by atoms with van der Waals surface area (Å²) in [6.07, 6.45) is 4.03. The number of nitrogens with one attached hydrogen (secondary N) is 3. The van der Waals surface area contributed by atoms with E-state index < -0.39 is 0 Å². The maximum absolute atomic E-state index is 13.9. The van der Waals surface area contributed by atoms with Crippen LogP contribution in [-0.4, -0.2) is 83.6 Å². The second kappa shape index (κ2) is 14.3. The van der Waals surface area contributed by atoms with Gasteiger partial charge in [-0.2, -0.15) is 0 Å². The predicted octanol–water partition coefficient (Wildman–Crippen LogP) is 4.39. The first kappa shape index (κ1) is 32.9. The van der Waals surface area contributed by atoms with Gasteiger partial charge in [0.25, 0.3) is 11.5 Å². The fraction of sp³-hybridized carbons (Fsp3) is 0.528. The van der Waals surface area contributed by atoms with Crippen LogP contribution < -0.4 is 21.1 Å². The first-order valence-electron chi connectivity index (χ1n) is 16.5. The summed E-state index contributed by atoms with van der Waals surface area (Å²) in [7, 11) is 2.17. The molecule has 45 heavy (non-hydrogen) atoms. The maximum atomic E-state index is 13.9. The van der Waals surface area contributed by atoms with E-state index in [9.17, 15) is 9.59 Å². The van der Waals surface area contributed by atoms with E-state index in [1.54, 1.807) is 0 Å². The van der Waals surface area contributed by atoms with E-state index in [0.717, 1.165) is 91.4 Å². The van der Waals surface area contributed by atoms with Gasteiger partial charge in [-0.25, -0.2) is 0 Å². The molecule has 0 spiro atoms. The molecule has 2 unspecified atom stereocenters. The molecule has 2 aliphatic heterocycles. The number of aromatic nitrogens is 2. The van der Waals surface area contributed by atoms with Crippen molar-refractivity contribution in [1.29, 1.82) is 0 Å². The number of anilines is 1. The van der Waals surface area contributed by atoms with E-state index in [2.05, 4.69) is 76.3 Å². The third-order valence-corrected chi connectivity index (χ3v) is 9.60. The highest BCUT2D eigenvalue weighted by molar-refractivity contribution is 5.99. The van der Waals surface area contributed by atoms with Crippen molar-refractivity contribution in [2.24, 2.45) is 0 Å². The number of nitrogens with zero attached hydrogens (tertiary/aromatic N) is 4. The lowest BCUT2D eigenvalue weighted by Gasteiger charge is -2.41. The molecule has 2 fully saturated rings. The molecule has 0 radical (unpaired) electrons. The first-order chi connectivity index (χ1) is 21.5. The largest absolute Gasteiger partial charge is 0.368 e. The van der Waals surface area contributed by atoms with Gasteiger partial charge in [-0.1, -0.05) is 6.07 Å². The number of piperazine rings is 1. The van der Waals surface area contributed by atoms with Crippen molar-refractivity contribution in [3.05, 3.63) is 80.5 Å². The Bertz CT molecular complexity index is 1530. The average Bonchev–Trinajstić information content (AvgIpc) is 2.99. The van der Waals surface area contributed by atoms with Crippen LogP contribution in [0.3, 0.4) is 0 Å². The molecule has 3 N–H and O–H groups in total. The number of aryl methyl sites for hydroxylation is 2. The van der Waals surface area contributed by atoms with Crippen LogP contribution in [-0.2, 0) is 13.1 Å². The van der Waals surface area contributed by atoms with Crippen molar-refractivity contribution in [1.82, 2.24) is 30.4 Å². The lowest BCUT2D eigenvalue weighted by molar-refractivity contribution is 0.0950. The van der Waals surface area contributed by atoms with Crippen molar-refractivity contribution in [3.63, 3.8) is 0 Å². The molecule has 242 valence electrons. The number of carbonyl (C=O) groups is 1. The van der Waals surface area contributed by atoms with Gasteiger partial charge in [-0.3, -0.25) is 19.5 Å². The molecule has 2 aromatic heterocycles. The highest BCUT2D eigenvalue weighted by atomic mass is 16.1. The molecule has 9 nitrogen and oxygen atoms in total. The fourth-order valence-corrected chi connectivity index (χ4v) is 7.10. The highest BCUT2D eigenvalue weighted by Crippen LogP contribution is 2.34. The summed E-state index contributed by atoms with van der Waals surface area (Å²) in [5.74, 6) is -0.183. The number of H-pyrrole nitrogens is 1. The zero-order chi connectivity index (χ0) is 32.2. The lowest BCUT2D eigenvalue weighted by atomic mass is 9.91. The molecule has 3 atom stereocenters. The Morgan fingerprint density at radius 1 is 1.02 bits per heavy atom. The van der Waals surface area contributed by atoms with Gasteiger partial charge in [-0.15, -0.1) is 0 Å². The summed E-state index contributed by atoms with van der Waals surface area (Å²) in [4.78, 5) is 41.6. The van der Waals surface area contributed by atoms with Gasteiger partial charge in [0.2, 0.25) is 0 Å². The molecule has 0 aliphatic carbocycles. The SMILES string of the molecule is CCN(c1cc(-c2ccc(CN3CCN(C)CC3)nc2)cc(C(=O)NCc2c(C)cc(C)[nH]c2=O)c1C)C1CC(C)N[C@H](C)C1. The molecule has 5 rings (SSSR count). The number of piperidine rings is 1. The number of pyridine rings is 2. The number of hydrogen-bond acceptors (Lipinski definition) is 7. The van der Waals surface area contributed by atoms with E-state index in [-0.39, 0.29) is 18.0 Å². The van der Waals surface area contributed by atoms with Gasteiger partial charge in [0, 0.05) is 98.2 Å². The summed E-state index contributed by atoms with van der Waals surface area (Å²) >= 11 is 0. The van der Waals surface area contributed by atoms with Gasteiger partial charge in [-0.05, 0) is 102 Å². The Morgan fingerprint density at radius 3 is 2.36 bits per heavy atom. The van der Waals surface area contributed by atoms with Gasteiger partial charge in [0.15, 0.2) is 0 Å². The molecule has 3 aromatic rings. The second-order valence-electron chi connectivity index (χ2n) is 13.3. The smallest absolute Gasteiger partial charge is 0.253 e. The number of amides is 1. The molecular formula is C36H51N7O2. The van der Waals surface area contributed by atoms with Crippen LogP contribution in [0.5, 0.6) is 0 Å². The number of rotatable bonds is 9. The van der Waals surface area contributed by atoms with Crippen LogP contribution >= 0.6 is 0 Å². The fourth-order valence-electron chi connectivity index (χ4n) is 7.10. The average molecular weight is 614 g/mol. The minimum atomic E-state index is -0.183. The first-order valence-corrected chi connectivity index (χ1v) is 16.5.